The van der Waals surface area contributed by atoms with Gasteiger partial charge >= 0.3 is 5.97 Å². The van der Waals surface area contributed by atoms with E-state index in [0.717, 1.165) is 37.0 Å². The summed E-state index contributed by atoms with van der Waals surface area (Å²) in [4.78, 5) is 13.4. The minimum atomic E-state index is -1.85. The Morgan fingerprint density at radius 1 is 1.04 bits per heavy atom. The zero-order valence-corrected chi connectivity index (χ0v) is 16.7. The Kier molecular flexibility index (Phi) is 4.14. The lowest BCUT2D eigenvalue weighted by Crippen LogP contribution is -3.00. The maximum atomic E-state index is 13.4. The number of piperidine rings is 1. The molecule has 27 heavy (non-hydrogen) atoms. The first-order valence-electron chi connectivity index (χ1n) is 9.11. The molecule has 3 heterocycles. The quantitative estimate of drug-likeness (QED) is 0.517. The Hall–Kier alpha value is -1.89. The zero-order chi connectivity index (χ0) is 18.0. The molecule has 142 valence electrons. The molecular formula is C21H22BrNO4. The molecule has 2 aromatic carbocycles. The van der Waals surface area contributed by atoms with Crippen molar-refractivity contribution in [1.82, 2.24) is 0 Å². The molecule has 2 aromatic rings. The molecule has 0 unspecified atom stereocenters. The van der Waals surface area contributed by atoms with E-state index >= 15 is 0 Å². The van der Waals surface area contributed by atoms with E-state index in [-0.39, 0.29) is 17.0 Å². The molecule has 0 radical (unpaired) electrons. The van der Waals surface area contributed by atoms with Crippen molar-refractivity contribution in [3.63, 3.8) is 0 Å². The van der Waals surface area contributed by atoms with Gasteiger partial charge in [0, 0.05) is 24.0 Å². The molecule has 3 aliphatic rings. The molecule has 3 aliphatic heterocycles. The lowest BCUT2D eigenvalue weighted by Gasteiger charge is -2.36. The highest BCUT2D eigenvalue weighted by Crippen LogP contribution is 2.49. The van der Waals surface area contributed by atoms with Crippen LogP contribution in [-0.2, 0) is 15.1 Å². The van der Waals surface area contributed by atoms with Gasteiger partial charge < -0.3 is 36.0 Å². The summed E-state index contributed by atoms with van der Waals surface area (Å²) in [6, 6.07) is 14.2. The van der Waals surface area contributed by atoms with E-state index in [0.29, 0.717) is 22.6 Å². The lowest BCUT2D eigenvalue weighted by atomic mass is 9.83. The Labute approximate surface area is 168 Å². The van der Waals surface area contributed by atoms with Crippen molar-refractivity contribution in [3.8, 4) is 11.5 Å². The van der Waals surface area contributed by atoms with Crippen molar-refractivity contribution in [2.45, 2.75) is 24.0 Å². The number of carbonyl (C=O) groups excluding carboxylic acids is 1. The number of quaternary nitrogens is 1. The highest BCUT2D eigenvalue weighted by atomic mass is 79.9. The molecule has 1 N–H and O–H groups in total. The molecule has 2 bridgehead atoms. The molecule has 2 fully saturated rings. The van der Waals surface area contributed by atoms with Crippen LogP contribution in [0.15, 0.2) is 48.5 Å². The first-order chi connectivity index (χ1) is 12.4. The van der Waals surface area contributed by atoms with Gasteiger partial charge in [0.25, 0.3) is 0 Å². The number of ether oxygens (including phenoxy) is 2. The fourth-order valence-electron chi connectivity index (χ4n) is 4.79. The Bertz CT molecular complexity index is 859. The van der Waals surface area contributed by atoms with Crippen LogP contribution in [0, 0.1) is 0 Å². The van der Waals surface area contributed by atoms with Gasteiger partial charge in [0.2, 0.25) is 5.60 Å². The molecule has 6 heteroatoms. The summed E-state index contributed by atoms with van der Waals surface area (Å²) in [5.74, 6) is 0.374. The fourth-order valence-corrected chi connectivity index (χ4v) is 4.79. The summed E-state index contributed by atoms with van der Waals surface area (Å²) < 4.78 is 12.9. The van der Waals surface area contributed by atoms with Gasteiger partial charge in [-0.25, -0.2) is 4.79 Å². The third-order valence-corrected chi connectivity index (χ3v) is 6.26. The summed E-state index contributed by atoms with van der Waals surface area (Å²) in [6.07, 6.45) is 1.70. The summed E-state index contributed by atoms with van der Waals surface area (Å²) >= 11 is 0. The molecule has 2 saturated heterocycles. The number of hydrogen-bond acceptors (Lipinski definition) is 4. The van der Waals surface area contributed by atoms with E-state index in [1.54, 1.807) is 36.4 Å². The van der Waals surface area contributed by atoms with Crippen LogP contribution in [0.5, 0.6) is 11.5 Å². The topological polar surface area (TPSA) is 55.8 Å². The minimum absolute atomic E-state index is 0. The van der Waals surface area contributed by atoms with Gasteiger partial charge in [0.05, 0.1) is 20.1 Å². The van der Waals surface area contributed by atoms with Gasteiger partial charge in [-0.3, -0.25) is 0 Å². The third-order valence-electron chi connectivity index (χ3n) is 6.26. The number of halogens is 1. The van der Waals surface area contributed by atoms with Crippen LogP contribution in [0.25, 0.3) is 0 Å². The van der Waals surface area contributed by atoms with Gasteiger partial charge in [0.15, 0.2) is 5.60 Å². The van der Waals surface area contributed by atoms with Gasteiger partial charge in [0.1, 0.15) is 18.0 Å². The Balaban J connectivity index is 0.00000180. The molecule has 0 saturated carbocycles. The van der Waals surface area contributed by atoms with Crippen LogP contribution in [0.2, 0.25) is 0 Å². The number of benzene rings is 2. The maximum absolute atomic E-state index is 13.4. The van der Waals surface area contributed by atoms with Crippen LogP contribution in [-0.4, -0.2) is 47.8 Å². The molecular weight excluding hydrogens is 410 g/mol. The number of hydrogen-bond donors (Lipinski definition) is 1. The predicted molar refractivity (Wildman–Crippen MR) is 94.8 cm³/mol. The average Bonchev–Trinajstić information content (AvgIpc) is 3.15. The van der Waals surface area contributed by atoms with Crippen molar-refractivity contribution in [3.05, 3.63) is 59.7 Å². The minimum Gasteiger partial charge on any atom is -1.00 e. The molecule has 0 amide bonds. The van der Waals surface area contributed by atoms with Crippen LogP contribution in [0.1, 0.15) is 24.0 Å². The van der Waals surface area contributed by atoms with Crippen molar-refractivity contribution in [2.75, 3.05) is 26.7 Å². The number of rotatable bonds is 2. The molecule has 0 aromatic heterocycles. The number of carbonyl (C=O) groups is 1. The summed E-state index contributed by atoms with van der Waals surface area (Å²) in [7, 11) is 2.20. The first kappa shape index (κ1) is 18.5. The van der Waals surface area contributed by atoms with E-state index in [1.807, 2.05) is 12.1 Å². The number of nitrogens with zero attached hydrogens (tertiary/aromatic N) is 1. The monoisotopic (exact) mass is 431 g/mol. The highest BCUT2D eigenvalue weighted by Gasteiger charge is 2.59. The van der Waals surface area contributed by atoms with Crippen LogP contribution < -0.4 is 21.7 Å². The van der Waals surface area contributed by atoms with Crippen molar-refractivity contribution in [1.29, 1.82) is 0 Å². The van der Waals surface area contributed by atoms with Crippen LogP contribution >= 0.6 is 0 Å². The van der Waals surface area contributed by atoms with Crippen molar-refractivity contribution >= 4 is 5.97 Å². The van der Waals surface area contributed by atoms with E-state index in [2.05, 4.69) is 7.05 Å². The fraction of sp³-hybridized carbons (Fsp3) is 0.381. The lowest BCUT2D eigenvalue weighted by molar-refractivity contribution is -0.890. The predicted octanol–water partition coefficient (Wildman–Crippen LogP) is -0.432. The van der Waals surface area contributed by atoms with E-state index in [4.69, 9.17) is 9.47 Å². The maximum Gasteiger partial charge on any atom is 0.348 e. The SMILES string of the molecule is C[N+]12CCC(OC(=O)C3(O)c4ccccc4Oc4ccccc43)(CC1)C2.[Br-]. The molecule has 0 atom stereocenters. The summed E-state index contributed by atoms with van der Waals surface area (Å²) in [5, 5.41) is 11.6. The van der Waals surface area contributed by atoms with Gasteiger partial charge in [-0.1, -0.05) is 36.4 Å². The molecule has 5 rings (SSSR count). The van der Waals surface area contributed by atoms with E-state index < -0.39 is 17.2 Å². The third kappa shape index (κ3) is 2.62. The smallest absolute Gasteiger partial charge is 0.348 e. The molecule has 0 spiro atoms. The van der Waals surface area contributed by atoms with Crippen LogP contribution in [0.3, 0.4) is 0 Å². The second-order valence-electron chi connectivity index (χ2n) is 8.10. The molecule has 0 aliphatic carbocycles. The van der Waals surface area contributed by atoms with Gasteiger partial charge in [-0.2, -0.15) is 0 Å². The number of likely N-dealkylation sites (N-methyl/N-ethyl adjacent to an activating group) is 1. The van der Waals surface area contributed by atoms with E-state index in [9.17, 15) is 9.90 Å². The van der Waals surface area contributed by atoms with Crippen LogP contribution in [0.4, 0.5) is 0 Å². The van der Waals surface area contributed by atoms with Crippen molar-refractivity contribution < 1.29 is 40.8 Å². The highest BCUT2D eigenvalue weighted by molar-refractivity contribution is 5.88. The van der Waals surface area contributed by atoms with Gasteiger partial charge in [-0.05, 0) is 12.1 Å². The number of aliphatic hydroxyl groups is 1. The van der Waals surface area contributed by atoms with Crippen molar-refractivity contribution in [2.24, 2.45) is 0 Å². The normalized spacial score (nSPS) is 29.1. The van der Waals surface area contributed by atoms with E-state index in [1.165, 1.54) is 0 Å². The zero-order valence-electron chi connectivity index (χ0n) is 15.2. The summed E-state index contributed by atoms with van der Waals surface area (Å²) in [6.45, 7) is 2.86. The second kappa shape index (κ2) is 6.06. The standard InChI is InChI=1S/C21H22NO4.BrH/c1-22-12-10-20(14-22,11-13-22)26-19(23)21(24)15-6-2-4-8-17(15)25-18-9-5-3-7-16(18)21;/h2-9,24H,10-14H2,1H3;1H/q+1;/p-1. The Morgan fingerprint density at radius 3 is 2.04 bits per heavy atom. The number of esters is 1. The largest absolute Gasteiger partial charge is 1.00 e. The first-order valence-corrected chi connectivity index (χ1v) is 9.11. The average molecular weight is 432 g/mol. The number of fused-ring (bicyclic) bond motifs is 4. The Morgan fingerprint density at radius 2 is 1.56 bits per heavy atom. The summed E-state index contributed by atoms with van der Waals surface area (Å²) in [5.41, 5.74) is -1.43. The number of para-hydroxylation sites is 2. The second-order valence-corrected chi connectivity index (χ2v) is 8.10. The molecule has 5 nitrogen and oxygen atoms in total. The van der Waals surface area contributed by atoms with Gasteiger partial charge in [-0.15, -0.1) is 0 Å².